The Morgan fingerprint density at radius 2 is 2.09 bits per heavy atom. The summed E-state index contributed by atoms with van der Waals surface area (Å²) in [5, 5.41) is 0. The van der Waals surface area contributed by atoms with Gasteiger partial charge in [0.1, 0.15) is 5.52 Å². The molecule has 0 aliphatic heterocycles. The molecule has 1 aliphatic rings. The number of rotatable bonds is 3. The highest BCUT2D eigenvalue weighted by Gasteiger charge is 2.21. The predicted molar refractivity (Wildman–Crippen MR) is 82.4 cm³/mol. The van der Waals surface area contributed by atoms with E-state index in [4.69, 9.17) is 10.5 Å². The van der Waals surface area contributed by atoms with Gasteiger partial charge in [-0.25, -0.2) is 4.39 Å². The Balaban J connectivity index is 1.88. The lowest BCUT2D eigenvalue weighted by Gasteiger charge is -2.26. The van der Waals surface area contributed by atoms with Gasteiger partial charge in [-0.1, -0.05) is 0 Å². The van der Waals surface area contributed by atoms with Gasteiger partial charge in [0.2, 0.25) is 0 Å². The Labute approximate surface area is 127 Å². The van der Waals surface area contributed by atoms with Crippen LogP contribution >= 0.6 is 0 Å². The lowest BCUT2D eigenvalue weighted by atomic mass is 9.87. The maximum Gasteiger partial charge on any atom is 0.250 e. The largest absolute Gasteiger partial charge is 0.488 e. The maximum absolute atomic E-state index is 14.1. The molecule has 2 aromatic heterocycles. The quantitative estimate of drug-likeness (QED) is 0.941. The minimum Gasteiger partial charge on any atom is -0.488 e. The molecule has 3 rings (SSSR count). The highest BCUT2D eigenvalue weighted by atomic mass is 19.1. The van der Waals surface area contributed by atoms with Crippen molar-refractivity contribution >= 4 is 11.0 Å². The summed E-state index contributed by atoms with van der Waals surface area (Å²) in [6.45, 7) is 0.436. The molecule has 2 N–H and O–H groups in total. The zero-order valence-corrected chi connectivity index (χ0v) is 12.6. The fourth-order valence-corrected chi connectivity index (χ4v) is 2.99. The monoisotopic (exact) mass is 305 g/mol. The summed E-state index contributed by atoms with van der Waals surface area (Å²) in [5.74, 6) is -0.0514. The third-order valence-electron chi connectivity index (χ3n) is 4.40. The van der Waals surface area contributed by atoms with Gasteiger partial charge >= 0.3 is 0 Å². The van der Waals surface area contributed by atoms with Gasteiger partial charge in [0, 0.05) is 19.2 Å². The van der Waals surface area contributed by atoms with Gasteiger partial charge < -0.3 is 15.0 Å². The first-order chi connectivity index (χ1) is 10.6. The van der Waals surface area contributed by atoms with Crippen LogP contribution in [0.25, 0.3) is 11.0 Å². The van der Waals surface area contributed by atoms with Crippen LogP contribution in [0, 0.1) is 11.7 Å². The number of aryl methyl sites for hydroxylation is 1. The van der Waals surface area contributed by atoms with Gasteiger partial charge in [-0.3, -0.25) is 9.78 Å². The summed E-state index contributed by atoms with van der Waals surface area (Å²) >= 11 is 0. The minimum atomic E-state index is -0.541. The van der Waals surface area contributed by atoms with Crippen molar-refractivity contribution in [2.75, 3.05) is 6.61 Å². The summed E-state index contributed by atoms with van der Waals surface area (Å²) < 4.78 is 21.2. The molecule has 5 nitrogen and oxygen atoms in total. The summed E-state index contributed by atoms with van der Waals surface area (Å²) in [5.41, 5.74) is 6.63. The minimum absolute atomic E-state index is 0.111. The van der Waals surface area contributed by atoms with E-state index in [1.807, 2.05) is 0 Å². The number of nitrogens with two attached hydrogens (primary N) is 1. The number of ether oxygens (including phenoxy) is 1. The van der Waals surface area contributed by atoms with Crippen molar-refractivity contribution in [3.05, 3.63) is 34.5 Å². The van der Waals surface area contributed by atoms with Gasteiger partial charge in [0.25, 0.3) is 5.56 Å². The summed E-state index contributed by atoms with van der Waals surface area (Å²) in [6, 6.07) is 3.28. The van der Waals surface area contributed by atoms with E-state index in [1.165, 1.54) is 10.6 Å². The van der Waals surface area contributed by atoms with Gasteiger partial charge in [0.15, 0.2) is 11.6 Å². The number of hydrogen-bond donors (Lipinski definition) is 1. The van der Waals surface area contributed by atoms with Crippen molar-refractivity contribution in [3.63, 3.8) is 0 Å². The average molecular weight is 305 g/mol. The second-order valence-electron chi connectivity index (χ2n) is 5.99. The molecule has 0 bridgehead atoms. The van der Waals surface area contributed by atoms with Crippen LogP contribution in [-0.4, -0.2) is 22.2 Å². The Kier molecular flexibility index (Phi) is 4.11. The first kappa shape index (κ1) is 15.0. The van der Waals surface area contributed by atoms with Crippen molar-refractivity contribution in [1.29, 1.82) is 0 Å². The maximum atomic E-state index is 14.1. The molecule has 2 aromatic rings. The highest BCUT2D eigenvalue weighted by Crippen LogP contribution is 2.29. The Hall–Kier alpha value is -1.95. The van der Waals surface area contributed by atoms with Crippen LogP contribution < -0.4 is 16.0 Å². The summed E-state index contributed by atoms with van der Waals surface area (Å²) in [4.78, 5) is 15.8. The smallest absolute Gasteiger partial charge is 0.250 e. The van der Waals surface area contributed by atoms with E-state index in [9.17, 15) is 9.18 Å². The van der Waals surface area contributed by atoms with Crippen LogP contribution in [-0.2, 0) is 7.05 Å². The molecule has 6 heteroatoms. The first-order valence-electron chi connectivity index (χ1n) is 7.59. The average Bonchev–Trinajstić information content (AvgIpc) is 2.52. The van der Waals surface area contributed by atoms with Crippen molar-refractivity contribution in [2.45, 2.75) is 31.7 Å². The molecule has 1 aliphatic carbocycles. The zero-order chi connectivity index (χ0) is 15.7. The number of halogens is 1. The van der Waals surface area contributed by atoms with E-state index in [0.717, 1.165) is 31.9 Å². The number of fused-ring (bicyclic) bond motifs is 1. The molecule has 0 unspecified atom stereocenters. The number of nitrogens with zero attached hydrogens (tertiary/aromatic N) is 2. The van der Waals surface area contributed by atoms with Crippen LogP contribution in [0.15, 0.2) is 23.1 Å². The van der Waals surface area contributed by atoms with Crippen molar-refractivity contribution in [2.24, 2.45) is 18.7 Å². The summed E-state index contributed by atoms with van der Waals surface area (Å²) in [6.07, 6.45) is 5.08. The molecule has 0 radical (unpaired) electrons. The van der Waals surface area contributed by atoms with E-state index >= 15 is 0 Å². The fraction of sp³-hybridized carbons (Fsp3) is 0.500. The molecular formula is C16H20FN3O2. The van der Waals surface area contributed by atoms with Crippen LogP contribution in [0.3, 0.4) is 0 Å². The number of aromatic nitrogens is 2. The number of pyridine rings is 2. The van der Waals surface area contributed by atoms with Gasteiger partial charge in [-0.2, -0.15) is 0 Å². The van der Waals surface area contributed by atoms with Crippen molar-refractivity contribution in [3.8, 4) is 5.75 Å². The van der Waals surface area contributed by atoms with E-state index in [-0.39, 0.29) is 17.4 Å². The lowest BCUT2D eigenvalue weighted by Crippen LogP contribution is -2.29. The second-order valence-corrected chi connectivity index (χ2v) is 5.99. The molecule has 0 saturated heterocycles. The highest BCUT2D eigenvalue weighted by molar-refractivity contribution is 5.81. The van der Waals surface area contributed by atoms with Crippen molar-refractivity contribution in [1.82, 2.24) is 9.55 Å². The third-order valence-corrected chi connectivity index (χ3v) is 4.40. The van der Waals surface area contributed by atoms with Gasteiger partial charge in [-0.05, 0) is 37.7 Å². The molecular weight excluding hydrogens is 285 g/mol. The van der Waals surface area contributed by atoms with Crippen molar-refractivity contribution < 1.29 is 9.13 Å². The lowest BCUT2D eigenvalue weighted by molar-refractivity contribution is 0.196. The Morgan fingerprint density at radius 3 is 2.82 bits per heavy atom. The Bertz CT molecular complexity index is 736. The first-order valence-corrected chi connectivity index (χ1v) is 7.59. The van der Waals surface area contributed by atoms with Crippen LogP contribution in [0.1, 0.15) is 25.7 Å². The van der Waals surface area contributed by atoms with E-state index in [1.54, 1.807) is 13.1 Å². The molecule has 22 heavy (non-hydrogen) atoms. The topological polar surface area (TPSA) is 70.1 Å². The SMILES string of the molecule is Cn1c(=O)ccc2ncc(F)c(OCC3CCC(N)CC3)c21. The van der Waals surface area contributed by atoms with Crippen LogP contribution in [0.5, 0.6) is 5.75 Å². The van der Waals surface area contributed by atoms with E-state index in [2.05, 4.69) is 4.98 Å². The van der Waals surface area contributed by atoms with E-state index < -0.39 is 5.82 Å². The predicted octanol–water partition coefficient (Wildman–Crippen LogP) is 1.97. The zero-order valence-electron chi connectivity index (χ0n) is 12.6. The molecule has 0 aromatic carbocycles. The second kappa shape index (κ2) is 6.04. The normalized spacial score (nSPS) is 22.0. The van der Waals surface area contributed by atoms with Crippen LogP contribution in [0.2, 0.25) is 0 Å². The van der Waals surface area contributed by atoms with Gasteiger partial charge in [-0.15, -0.1) is 0 Å². The fourth-order valence-electron chi connectivity index (χ4n) is 2.99. The van der Waals surface area contributed by atoms with Crippen LogP contribution in [0.4, 0.5) is 4.39 Å². The Morgan fingerprint density at radius 1 is 1.36 bits per heavy atom. The van der Waals surface area contributed by atoms with Gasteiger partial charge in [0.05, 0.1) is 18.3 Å². The number of hydrogen-bond acceptors (Lipinski definition) is 4. The third kappa shape index (κ3) is 2.83. The standard InChI is InChI=1S/C16H20FN3O2/c1-20-14(21)7-6-13-15(20)16(12(17)8-19-13)22-9-10-2-4-11(18)5-3-10/h6-8,10-11H,2-5,9,18H2,1H3. The molecule has 118 valence electrons. The summed E-state index contributed by atoms with van der Waals surface area (Å²) in [7, 11) is 1.60. The van der Waals surface area contributed by atoms with E-state index in [0.29, 0.717) is 23.6 Å². The molecule has 2 heterocycles. The molecule has 0 atom stereocenters. The molecule has 0 amide bonds. The molecule has 0 spiro atoms. The molecule has 1 fully saturated rings. The molecule has 1 saturated carbocycles.